The van der Waals surface area contributed by atoms with Gasteiger partial charge in [-0.3, -0.25) is 4.98 Å². The molecule has 0 atom stereocenters. The minimum absolute atomic E-state index is 0.113. The summed E-state index contributed by atoms with van der Waals surface area (Å²) in [6.45, 7) is 1.44. The number of carboxylic acid groups (broad SMARTS) is 1. The minimum atomic E-state index is -0.987. The van der Waals surface area contributed by atoms with Crippen molar-refractivity contribution in [2.75, 3.05) is 13.1 Å². The molecule has 0 aliphatic rings. The molecule has 0 radical (unpaired) electrons. The number of rotatable bonds is 6. The Morgan fingerprint density at radius 1 is 1.43 bits per heavy atom. The summed E-state index contributed by atoms with van der Waals surface area (Å²) >= 11 is 0. The largest absolute Gasteiger partial charge is 0.550 e. The van der Waals surface area contributed by atoms with Crippen LogP contribution in [-0.2, 0) is 11.2 Å². The van der Waals surface area contributed by atoms with Crippen molar-refractivity contribution in [3.05, 3.63) is 30.1 Å². The molecule has 0 fully saturated rings. The molecule has 4 nitrogen and oxygen atoms in total. The molecule has 0 bridgehead atoms. The van der Waals surface area contributed by atoms with Gasteiger partial charge in [0.25, 0.3) is 0 Å². The molecule has 1 heterocycles. The highest BCUT2D eigenvalue weighted by molar-refractivity contribution is 5.64. The smallest absolute Gasteiger partial charge is 0.0811 e. The van der Waals surface area contributed by atoms with Crippen LogP contribution in [0.5, 0.6) is 0 Å². The second-order valence-electron chi connectivity index (χ2n) is 3.06. The Morgan fingerprint density at radius 2 is 2.29 bits per heavy atom. The fraction of sp³-hybridized carbons (Fsp3) is 0.400. The molecule has 1 aromatic heterocycles. The van der Waals surface area contributed by atoms with Crippen LogP contribution in [0.1, 0.15) is 12.1 Å². The van der Waals surface area contributed by atoms with Crippen molar-refractivity contribution in [2.24, 2.45) is 0 Å². The summed E-state index contributed by atoms with van der Waals surface area (Å²) in [7, 11) is 0. The Bertz CT molecular complexity index is 275. The van der Waals surface area contributed by atoms with Gasteiger partial charge in [-0.2, -0.15) is 0 Å². The lowest BCUT2D eigenvalue weighted by Crippen LogP contribution is -2.85. The van der Waals surface area contributed by atoms with E-state index in [0.29, 0.717) is 6.54 Å². The van der Waals surface area contributed by atoms with Crippen LogP contribution >= 0.6 is 0 Å². The van der Waals surface area contributed by atoms with Gasteiger partial charge in [0, 0.05) is 30.7 Å². The first kappa shape index (κ1) is 10.7. The van der Waals surface area contributed by atoms with Crippen LogP contribution in [0.3, 0.4) is 0 Å². The van der Waals surface area contributed by atoms with E-state index in [9.17, 15) is 9.90 Å². The number of carbonyl (C=O) groups excluding carboxylic acids is 1. The third-order valence-corrected chi connectivity index (χ3v) is 1.88. The number of hydrogen-bond acceptors (Lipinski definition) is 3. The molecule has 14 heavy (non-hydrogen) atoms. The Hall–Kier alpha value is -1.42. The summed E-state index contributed by atoms with van der Waals surface area (Å²) in [6, 6.07) is 5.79. The van der Waals surface area contributed by atoms with E-state index in [4.69, 9.17) is 0 Å². The highest BCUT2D eigenvalue weighted by atomic mass is 16.4. The fourth-order valence-corrected chi connectivity index (χ4v) is 1.16. The number of aliphatic carboxylic acids is 1. The number of nitrogens with two attached hydrogens (primary N) is 1. The first-order valence-electron chi connectivity index (χ1n) is 4.70. The molecule has 2 N–H and O–H groups in total. The topological polar surface area (TPSA) is 69.6 Å². The average Bonchev–Trinajstić information content (AvgIpc) is 2.18. The van der Waals surface area contributed by atoms with E-state index in [1.165, 1.54) is 0 Å². The van der Waals surface area contributed by atoms with Gasteiger partial charge < -0.3 is 15.2 Å². The molecule has 0 amide bonds. The Balaban J connectivity index is 2.08. The van der Waals surface area contributed by atoms with Crippen molar-refractivity contribution < 1.29 is 15.2 Å². The normalized spacial score (nSPS) is 10.0. The molecule has 1 aromatic rings. The van der Waals surface area contributed by atoms with Crippen molar-refractivity contribution >= 4 is 5.97 Å². The molecule has 0 saturated carbocycles. The van der Waals surface area contributed by atoms with E-state index in [-0.39, 0.29) is 6.42 Å². The molecular weight excluding hydrogens is 180 g/mol. The van der Waals surface area contributed by atoms with Gasteiger partial charge in [-0.1, -0.05) is 6.07 Å². The predicted octanol–water partition coefficient (Wildman–Crippen LogP) is -1.67. The lowest BCUT2D eigenvalue weighted by Gasteiger charge is -2.02. The maximum Gasteiger partial charge on any atom is 0.0811 e. The average molecular weight is 194 g/mol. The van der Waals surface area contributed by atoms with Gasteiger partial charge in [-0.15, -0.1) is 0 Å². The van der Waals surface area contributed by atoms with Gasteiger partial charge in [-0.05, 0) is 12.1 Å². The van der Waals surface area contributed by atoms with Crippen molar-refractivity contribution in [3.8, 4) is 0 Å². The maximum absolute atomic E-state index is 10.1. The van der Waals surface area contributed by atoms with Crippen molar-refractivity contribution in [2.45, 2.75) is 12.8 Å². The molecule has 0 saturated heterocycles. The van der Waals surface area contributed by atoms with Gasteiger partial charge in [0.05, 0.1) is 13.1 Å². The lowest BCUT2D eigenvalue weighted by atomic mass is 10.3. The zero-order valence-corrected chi connectivity index (χ0v) is 7.98. The maximum atomic E-state index is 10.1. The van der Waals surface area contributed by atoms with E-state index in [0.717, 1.165) is 18.7 Å². The molecule has 0 unspecified atom stereocenters. The number of aromatic nitrogens is 1. The van der Waals surface area contributed by atoms with Crippen LogP contribution in [0.25, 0.3) is 0 Å². The lowest BCUT2D eigenvalue weighted by molar-refractivity contribution is -0.653. The van der Waals surface area contributed by atoms with Gasteiger partial charge in [0.2, 0.25) is 0 Å². The Kier molecular flexibility index (Phi) is 4.64. The fourth-order valence-electron chi connectivity index (χ4n) is 1.16. The number of quaternary nitrogens is 1. The number of hydrogen-bond donors (Lipinski definition) is 1. The number of carboxylic acids is 1. The van der Waals surface area contributed by atoms with E-state index in [1.54, 1.807) is 6.20 Å². The third-order valence-electron chi connectivity index (χ3n) is 1.88. The molecule has 4 heteroatoms. The molecular formula is C10H14N2O2. The molecule has 0 aliphatic carbocycles. The van der Waals surface area contributed by atoms with Crippen LogP contribution in [0.2, 0.25) is 0 Å². The summed E-state index contributed by atoms with van der Waals surface area (Å²) in [5.74, 6) is -0.987. The molecule has 0 aliphatic heterocycles. The van der Waals surface area contributed by atoms with Gasteiger partial charge >= 0.3 is 0 Å². The van der Waals surface area contributed by atoms with Crippen LogP contribution in [-0.4, -0.2) is 24.0 Å². The van der Waals surface area contributed by atoms with E-state index in [2.05, 4.69) is 4.98 Å². The van der Waals surface area contributed by atoms with Crippen LogP contribution in [0.4, 0.5) is 0 Å². The van der Waals surface area contributed by atoms with Crippen LogP contribution in [0, 0.1) is 0 Å². The summed E-state index contributed by atoms with van der Waals surface area (Å²) in [6.07, 6.45) is 2.74. The van der Waals surface area contributed by atoms with Crippen molar-refractivity contribution in [1.29, 1.82) is 0 Å². The SMILES string of the molecule is O=C([O-])CC[NH2+]CCc1ccccn1. The monoisotopic (exact) mass is 194 g/mol. The van der Waals surface area contributed by atoms with E-state index < -0.39 is 5.97 Å². The summed E-state index contributed by atoms with van der Waals surface area (Å²) in [4.78, 5) is 14.3. The number of pyridine rings is 1. The molecule has 0 aromatic carbocycles. The standard InChI is InChI=1S/C10H14N2O2/c13-10(14)5-8-11-7-4-9-3-1-2-6-12-9/h1-3,6,11H,4-5,7-8H2,(H,13,14). The quantitative estimate of drug-likeness (QED) is 0.550. The predicted molar refractivity (Wildman–Crippen MR) is 49.2 cm³/mol. The first-order valence-corrected chi connectivity index (χ1v) is 4.70. The van der Waals surface area contributed by atoms with Gasteiger partial charge in [0.15, 0.2) is 0 Å². The number of nitrogens with zero attached hydrogens (tertiary/aromatic N) is 1. The second kappa shape index (κ2) is 6.10. The van der Waals surface area contributed by atoms with Gasteiger partial charge in [-0.25, -0.2) is 0 Å². The van der Waals surface area contributed by atoms with E-state index in [1.807, 2.05) is 23.5 Å². The molecule has 76 valence electrons. The van der Waals surface area contributed by atoms with E-state index >= 15 is 0 Å². The van der Waals surface area contributed by atoms with Crippen LogP contribution in [0.15, 0.2) is 24.4 Å². The molecule has 0 spiro atoms. The highest BCUT2D eigenvalue weighted by Crippen LogP contribution is 1.91. The first-order chi connectivity index (χ1) is 6.79. The zero-order valence-electron chi connectivity index (χ0n) is 7.98. The Labute approximate surface area is 83.0 Å². The zero-order chi connectivity index (χ0) is 10.2. The number of carbonyl (C=O) groups is 1. The second-order valence-corrected chi connectivity index (χ2v) is 3.06. The minimum Gasteiger partial charge on any atom is -0.550 e. The molecule has 1 rings (SSSR count). The highest BCUT2D eigenvalue weighted by Gasteiger charge is 1.95. The van der Waals surface area contributed by atoms with Crippen LogP contribution < -0.4 is 10.4 Å². The van der Waals surface area contributed by atoms with Crippen molar-refractivity contribution in [3.63, 3.8) is 0 Å². The summed E-state index contributed by atoms with van der Waals surface area (Å²) in [5, 5.41) is 12.1. The van der Waals surface area contributed by atoms with Gasteiger partial charge in [0.1, 0.15) is 0 Å². The Morgan fingerprint density at radius 3 is 2.93 bits per heavy atom. The van der Waals surface area contributed by atoms with Crippen molar-refractivity contribution in [1.82, 2.24) is 4.98 Å². The third kappa shape index (κ3) is 4.57. The summed E-state index contributed by atoms with van der Waals surface area (Å²) in [5.41, 5.74) is 1.04. The summed E-state index contributed by atoms with van der Waals surface area (Å²) < 4.78 is 0.